The van der Waals surface area contributed by atoms with Gasteiger partial charge >= 0.3 is 11.9 Å². The number of phenolic OH excluding ortho intramolecular Hbond substituents is 1. The molecule has 0 spiro atoms. The van der Waals surface area contributed by atoms with Gasteiger partial charge < -0.3 is 48.5 Å². The number of esters is 2. The van der Waals surface area contributed by atoms with Gasteiger partial charge in [0, 0.05) is 45.8 Å². The maximum Gasteiger partial charge on any atom is 0.343 e. The van der Waals surface area contributed by atoms with Crippen molar-refractivity contribution in [2.24, 2.45) is 16.8 Å². The van der Waals surface area contributed by atoms with Gasteiger partial charge in [0.1, 0.15) is 6.61 Å². The lowest BCUT2D eigenvalue weighted by Crippen LogP contribution is -2.44. The monoisotopic (exact) mass is 848 g/mol. The number of cyclic esters (lactones) is 2. The van der Waals surface area contributed by atoms with E-state index in [-0.39, 0.29) is 84.8 Å². The number of methoxy groups -OCH3 is 2. The normalized spacial score (nSPS) is 22.5. The van der Waals surface area contributed by atoms with Crippen molar-refractivity contribution >= 4 is 40.4 Å². The van der Waals surface area contributed by atoms with E-state index in [2.05, 4.69) is 5.32 Å². The molecule has 1 fully saturated rings. The van der Waals surface area contributed by atoms with Crippen LogP contribution in [0.15, 0.2) is 88.6 Å². The Morgan fingerprint density at radius 2 is 1.65 bits per heavy atom. The van der Waals surface area contributed by atoms with Gasteiger partial charge in [-0.1, -0.05) is 25.1 Å². The van der Waals surface area contributed by atoms with Crippen molar-refractivity contribution in [3.63, 3.8) is 0 Å². The summed E-state index contributed by atoms with van der Waals surface area (Å²) in [5.74, 6) is -0.978. The molecule has 5 atom stereocenters. The number of aliphatic imine (C=N–C) groups is 1. The van der Waals surface area contributed by atoms with Gasteiger partial charge in [-0.15, -0.1) is 0 Å². The quantitative estimate of drug-likeness (QED) is 0.113. The summed E-state index contributed by atoms with van der Waals surface area (Å²) in [5, 5.41) is 26.7. The smallest absolute Gasteiger partial charge is 0.343 e. The average molecular weight is 849 g/mol. The molecule has 6 aromatic rings. The van der Waals surface area contributed by atoms with Crippen LogP contribution in [0.5, 0.6) is 28.7 Å². The number of carbonyl (C=O) groups is 2. The molecular weight excluding hydrogens is 809 g/mol. The predicted octanol–water partition coefficient (Wildman–Crippen LogP) is 6.37. The highest BCUT2D eigenvalue weighted by Crippen LogP contribution is 2.56. The summed E-state index contributed by atoms with van der Waals surface area (Å²) in [6.07, 6.45) is 1.84. The van der Waals surface area contributed by atoms with E-state index >= 15 is 0 Å². The van der Waals surface area contributed by atoms with Crippen molar-refractivity contribution in [1.29, 1.82) is 0 Å². The third kappa shape index (κ3) is 5.79. The Kier molecular flexibility index (Phi) is 8.77. The number of phenols is 1. The fourth-order valence-electron chi connectivity index (χ4n) is 10.0. The molecule has 4 aliphatic heterocycles. The third-order valence-corrected chi connectivity index (χ3v) is 13.2. The highest BCUT2D eigenvalue weighted by atomic mass is 16.7. The SMILES string of the molecule is CC[C@@]1(O)C(=O)OCc2c1cc1n(c2=O)Cc2c-1nc1ccccc1c2C=Nc1ccc(N[C@@H]2c3cc4c(cc3[C@@H](c3cc(OC)c(O)c(OC)c3)C3C(=O)OCC32)OCO4)cc1. The van der Waals surface area contributed by atoms with Gasteiger partial charge in [-0.2, -0.15) is 0 Å². The Bertz CT molecular complexity index is 3010. The molecule has 2 unspecified atom stereocenters. The van der Waals surface area contributed by atoms with Crippen LogP contribution in [0.3, 0.4) is 0 Å². The Morgan fingerprint density at radius 1 is 0.921 bits per heavy atom. The summed E-state index contributed by atoms with van der Waals surface area (Å²) in [6, 6.07) is 24.0. The highest BCUT2D eigenvalue weighted by Gasteiger charge is 2.53. The van der Waals surface area contributed by atoms with Crippen molar-refractivity contribution in [1.82, 2.24) is 9.55 Å². The molecule has 3 N–H and O–H groups in total. The molecule has 1 saturated heterocycles. The van der Waals surface area contributed by atoms with Gasteiger partial charge in [-0.25, -0.2) is 9.78 Å². The lowest BCUT2D eigenvalue weighted by atomic mass is 9.65. The summed E-state index contributed by atoms with van der Waals surface area (Å²) in [7, 11) is 2.93. The first kappa shape index (κ1) is 38.5. The van der Waals surface area contributed by atoms with E-state index in [1.165, 1.54) is 14.2 Å². The van der Waals surface area contributed by atoms with Gasteiger partial charge in [-0.05, 0) is 83.8 Å². The zero-order valence-electron chi connectivity index (χ0n) is 34.3. The number of rotatable bonds is 8. The first-order chi connectivity index (χ1) is 30.6. The van der Waals surface area contributed by atoms with Crippen LogP contribution in [0.25, 0.3) is 22.3 Å². The first-order valence-corrected chi connectivity index (χ1v) is 20.6. The van der Waals surface area contributed by atoms with E-state index in [1.54, 1.807) is 35.9 Å². The number of nitrogens with zero attached hydrogens (tertiary/aromatic N) is 3. The van der Waals surface area contributed by atoms with E-state index in [9.17, 15) is 24.6 Å². The van der Waals surface area contributed by atoms with E-state index in [0.717, 1.165) is 33.3 Å². The predicted molar refractivity (Wildman–Crippen MR) is 228 cm³/mol. The van der Waals surface area contributed by atoms with Crippen LogP contribution in [-0.2, 0) is 37.8 Å². The topological polar surface area (TPSA) is 189 Å². The molecule has 0 bridgehead atoms. The number of hydrogen-bond acceptors (Lipinski definition) is 14. The maximum absolute atomic E-state index is 13.9. The number of fused-ring (bicyclic) bond motifs is 8. The van der Waals surface area contributed by atoms with Crippen LogP contribution in [0.4, 0.5) is 11.4 Å². The van der Waals surface area contributed by atoms with Crippen molar-refractivity contribution in [2.75, 3.05) is 32.9 Å². The van der Waals surface area contributed by atoms with Crippen molar-refractivity contribution in [3.8, 4) is 40.1 Å². The molecule has 15 nitrogen and oxygen atoms in total. The van der Waals surface area contributed by atoms with Crippen LogP contribution in [0.1, 0.15) is 64.2 Å². The zero-order valence-corrected chi connectivity index (χ0v) is 34.3. The summed E-state index contributed by atoms with van der Waals surface area (Å²) < 4.78 is 35.3. The van der Waals surface area contributed by atoms with E-state index in [0.29, 0.717) is 39.7 Å². The minimum Gasteiger partial charge on any atom is -0.502 e. The van der Waals surface area contributed by atoms with Gasteiger partial charge in [0.15, 0.2) is 28.6 Å². The lowest BCUT2D eigenvalue weighted by Gasteiger charge is -2.40. The van der Waals surface area contributed by atoms with Crippen LogP contribution < -0.4 is 29.8 Å². The zero-order chi connectivity index (χ0) is 43.3. The number of hydrogen-bond donors (Lipinski definition) is 3. The standard InChI is InChI=1S/C48H40N4O11/c1-4-48(57)33-17-35-43-30(19-52(35)45(54)31(33)20-61-47(48)56)29(26-7-5-6-8-34(26)51-43)18-49-24-9-11-25(12-10-24)50-42-28-16-37-36(62-22-63-37)15-27(28)40(41-32(42)21-60-46(41)55)23-13-38(58-2)44(53)39(14-23)59-3/h5-18,32,40-42,50,53,57H,4,19-22H2,1-3H3/t32?,40-,41?,42-,48+/m1/s1. The Hall–Kier alpha value is -7.39. The molecule has 0 radical (unpaired) electrons. The molecule has 11 rings (SSSR count). The molecule has 63 heavy (non-hydrogen) atoms. The number of benzene rings is 4. The van der Waals surface area contributed by atoms with E-state index < -0.39 is 23.4 Å². The molecule has 2 aromatic heterocycles. The first-order valence-electron chi connectivity index (χ1n) is 20.6. The number of anilines is 1. The molecule has 15 heteroatoms. The minimum atomic E-state index is -1.93. The van der Waals surface area contributed by atoms with Crippen LogP contribution in [-0.4, -0.2) is 65.5 Å². The summed E-state index contributed by atoms with van der Waals surface area (Å²) in [5.41, 5.74) is 5.58. The Labute approximate surface area is 359 Å². The molecule has 318 valence electrons. The van der Waals surface area contributed by atoms with Gasteiger partial charge in [0.2, 0.25) is 12.5 Å². The van der Waals surface area contributed by atoms with Gasteiger partial charge in [0.25, 0.3) is 5.56 Å². The van der Waals surface area contributed by atoms with Crippen molar-refractivity contribution in [2.45, 2.75) is 44.1 Å². The Morgan fingerprint density at radius 3 is 2.38 bits per heavy atom. The summed E-state index contributed by atoms with van der Waals surface area (Å²) in [4.78, 5) is 50.2. The number of pyridine rings is 2. The fraction of sp³-hybridized carbons (Fsp3) is 0.271. The summed E-state index contributed by atoms with van der Waals surface area (Å²) >= 11 is 0. The number of ether oxygens (including phenoxy) is 6. The fourth-order valence-corrected chi connectivity index (χ4v) is 10.0. The summed E-state index contributed by atoms with van der Waals surface area (Å²) in [6.45, 7) is 1.96. The maximum atomic E-state index is 13.9. The number of aromatic nitrogens is 2. The number of aromatic hydroxyl groups is 1. The van der Waals surface area contributed by atoms with Crippen LogP contribution >= 0.6 is 0 Å². The number of nitrogens with one attached hydrogen (secondary N) is 1. The second kappa shape index (κ2) is 14.3. The molecular formula is C48H40N4O11. The van der Waals surface area contributed by atoms with E-state index in [4.69, 9.17) is 38.4 Å². The second-order valence-corrected chi connectivity index (χ2v) is 16.3. The molecule has 4 aromatic carbocycles. The number of carbonyl (C=O) groups excluding carboxylic acids is 2. The Balaban J connectivity index is 0.938. The number of aliphatic hydroxyl groups is 1. The molecule has 0 saturated carbocycles. The van der Waals surface area contributed by atoms with Crippen LogP contribution in [0.2, 0.25) is 0 Å². The molecule has 1 aliphatic carbocycles. The third-order valence-electron chi connectivity index (χ3n) is 13.2. The van der Waals surface area contributed by atoms with Gasteiger partial charge in [-0.3, -0.25) is 14.6 Å². The second-order valence-electron chi connectivity index (χ2n) is 16.3. The highest BCUT2D eigenvalue weighted by molar-refractivity contribution is 6.03. The van der Waals surface area contributed by atoms with Gasteiger partial charge in [0.05, 0.1) is 67.5 Å². The largest absolute Gasteiger partial charge is 0.502 e. The molecule has 6 heterocycles. The lowest BCUT2D eigenvalue weighted by molar-refractivity contribution is -0.172. The molecule has 5 aliphatic rings. The minimum absolute atomic E-state index is 0.0503. The van der Waals surface area contributed by atoms with Crippen LogP contribution in [0, 0.1) is 11.8 Å². The van der Waals surface area contributed by atoms with E-state index in [1.807, 2.05) is 60.7 Å². The average Bonchev–Trinajstić information content (AvgIpc) is 4.03. The molecule has 0 amide bonds. The van der Waals surface area contributed by atoms with Crippen molar-refractivity contribution in [3.05, 3.63) is 128 Å². The van der Waals surface area contributed by atoms with Crippen molar-refractivity contribution < 1.29 is 48.2 Å². The number of para-hydroxylation sites is 1.